The van der Waals surface area contributed by atoms with Crippen LogP contribution in [0.3, 0.4) is 0 Å². The number of methoxy groups -OCH3 is 1. The highest BCUT2D eigenvalue weighted by molar-refractivity contribution is 5.82. The second kappa shape index (κ2) is 8.43. The van der Waals surface area contributed by atoms with Crippen LogP contribution in [0.5, 0.6) is 17.2 Å². The molecule has 120 valence electrons. The van der Waals surface area contributed by atoms with Gasteiger partial charge in [-0.3, -0.25) is 9.59 Å². The molecule has 2 aromatic rings. The maximum Gasteiger partial charge on any atom is 0.325 e. The Morgan fingerprint density at radius 1 is 0.913 bits per heavy atom. The number of esters is 1. The quantitative estimate of drug-likeness (QED) is 0.793. The van der Waals surface area contributed by atoms with Gasteiger partial charge in [0.2, 0.25) is 0 Å². The van der Waals surface area contributed by atoms with E-state index in [1.165, 1.54) is 7.11 Å². The maximum absolute atomic E-state index is 11.5. The van der Waals surface area contributed by atoms with Crippen LogP contribution in [0.1, 0.15) is 0 Å². The summed E-state index contributed by atoms with van der Waals surface area (Å²) >= 11 is 0. The number of hydrogen-bond acceptors (Lipinski definition) is 5. The number of hydrogen-bond donors (Lipinski definition) is 1. The van der Waals surface area contributed by atoms with Gasteiger partial charge in [-0.15, -0.1) is 0 Å². The monoisotopic (exact) mass is 315 g/mol. The summed E-state index contributed by atoms with van der Waals surface area (Å²) in [5.41, 5.74) is 0. The van der Waals surface area contributed by atoms with Gasteiger partial charge in [-0.2, -0.15) is 0 Å². The molecule has 0 bridgehead atoms. The van der Waals surface area contributed by atoms with E-state index < -0.39 is 11.9 Å². The maximum atomic E-state index is 11.5. The third kappa shape index (κ3) is 5.70. The molecular formula is C17H17NO5. The smallest absolute Gasteiger partial charge is 0.325 e. The van der Waals surface area contributed by atoms with Gasteiger partial charge >= 0.3 is 5.97 Å². The number of rotatable bonds is 7. The average Bonchev–Trinajstić information content (AvgIpc) is 2.60. The topological polar surface area (TPSA) is 73.9 Å². The summed E-state index contributed by atoms with van der Waals surface area (Å²) in [5, 5.41) is 2.38. The molecule has 0 aromatic heterocycles. The molecule has 0 atom stereocenters. The van der Waals surface area contributed by atoms with Crippen molar-refractivity contribution in [1.82, 2.24) is 5.32 Å². The van der Waals surface area contributed by atoms with Gasteiger partial charge < -0.3 is 19.5 Å². The number of ether oxygens (including phenoxy) is 3. The van der Waals surface area contributed by atoms with Crippen LogP contribution >= 0.6 is 0 Å². The van der Waals surface area contributed by atoms with Gasteiger partial charge in [0.15, 0.2) is 6.61 Å². The Morgan fingerprint density at radius 2 is 1.52 bits per heavy atom. The third-order valence-corrected chi connectivity index (χ3v) is 2.83. The summed E-state index contributed by atoms with van der Waals surface area (Å²) in [6, 6.07) is 16.3. The van der Waals surface area contributed by atoms with Crippen molar-refractivity contribution in [2.24, 2.45) is 0 Å². The Hall–Kier alpha value is -3.02. The van der Waals surface area contributed by atoms with Crippen LogP contribution in [-0.2, 0) is 14.3 Å². The Balaban J connectivity index is 1.78. The highest BCUT2D eigenvalue weighted by atomic mass is 16.5. The minimum atomic E-state index is -0.513. The summed E-state index contributed by atoms with van der Waals surface area (Å²) in [6.45, 7) is -0.363. The summed E-state index contributed by atoms with van der Waals surface area (Å²) in [4.78, 5) is 22.4. The van der Waals surface area contributed by atoms with E-state index in [-0.39, 0.29) is 13.2 Å². The van der Waals surface area contributed by atoms with Crippen LogP contribution in [0.4, 0.5) is 0 Å². The molecule has 0 saturated carbocycles. The standard InChI is InChI=1S/C17H17NO5/c1-21-17(20)11-18-16(19)12-22-13-7-9-15(10-8-13)23-14-5-3-2-4-6-14/h2-10H,11-12H2,1H3,(H,18,19). The Labute approximate surface area is 134 Å². The lowest BCUT2D eigenvalue weighted by molar-refractivity contribution is -0.141. The van der Waals surface area contributed by atoms with E-state index in [4.69, 9.17) is 9.47 Å². The van der Waals surface area contributed by atoms with Crippen LogP contribution in [0.25, 0.3) is 0 Å². The van der Waals surface area contributed by atoms with Crippen LogP contribution in [-0.4, -0.2) is 32.1 Å². The normalized spacial score (nSPS) is 9.78. The molecule has 1 N–H and O–H groups in total. The van der Waals surface area contributed by atoms with Crippen molar-refractivity contribution >= 4 is 11.9 Å². The minimum Gasteiger partial charge on any atom is -0.484 e. The number of amides is 1. The first-order chi connectivity index (χ1) is 11.2. The number of para-hydroxylation sites is 1. The average molecular weight is 315 g/mol. The van der Waals surface area contributed by atoms with E-state index in [0.717, 1.165) is 5.75 Å². The molecule has 0 aliphatic heterocycles. The lowest BCUT2D eigenvalue weighted by atomic mass is 10.3. The zero-order chi connectivity index (χ0) is 16.5. The predicted octanol–water partition coefficient (Wildman–Crippen LogP) is 2.15. The molecule has 0 aliphatic rings. The van der Waals surface area contributed by atoms with Crippen molar-refractivity contribution in [3.05, 3.63) is 54.6 Å². The lowest BCUT2D eigenvalue weighted by Crippen LogP contribution is -2.33. The largest absolute Gasteiger partial charge is 0.484 e. The molecule has 6 nitrogen and oxygen atoms in total. The Kier molecular flexibility index (Phi) is 5.99. The summed E-state index contributed by atoms with van der Waals surface area (Å²) in [7, 11) is 1.25. The van der Waals surface area contributed by atoms with Crippen molar-refractivity contribution in [2.45, 2.75) is 0 Å². The van der Waals surface area contributed by atoms with Crippen LogP contribution in [0.15, 0.2) is 54.6 Å². The molecule has 0 saturated heterocycles. The van der Waals surface area contributed by atoms with Gasteiger partial charge in [-0.25, -0.2) is 0 Å². The first-order valence-electron chi connectivity index (χ1n) is 6.96. The van der Waals surface area contributed by atoms with Crippen molar-refractivity contribution in [1.29, 1.82) is 0 Å². The van der Waals surface area contributed by atoms with Crippen LogP contribution < -0.4 is 14.8 Å². The van der Waals surface area contributed by atoms with Crippen molar-refractivity contribution < 1.29 is 23.8 Å². The van der Waals surface area contributed by atoms with Gasteiger partial charge in [0.25, 0.3) is 5.91 Å². The van der Waals surface area contributed by atoms with Crippen molar-refractivity contribution in [3.8, 4) is 17.2 Å². The van der Waals surface area contributed by atoms with Gasteiger partial charge in [0.05, 0.1) is 7.11 Å². The molecule has 0 heterocycles. The van der Waals surface area contributed by atoms with E-state index in [1.54, 1.807) is 24.3 Å². The summed E-state index contributed by atoms with van der Waals surface area (Å²) in [5.74, 6) is 1.02. The first kappa shape index (κ1) is 16.4. The molecule has 1 amide bonds. The number of benzene rings is 2. The Bertz CT molecular complexity index is 640. The molecule has 0 spiro atoms. The lowest BCUT2D eigenvalue weighted by Gasteiger charge is -2.08. The van der Waals surface area contributed by atoms with Crippen LogP contribution in [0.2, 0.25) is 0 Å². The van der Waals surface area contributed by atoms with E-state index >= 15 is 0 Å². The molecule has 6 heteroatoms. The molecule has 2 aromatic carbocycles. The van der Waals surface area contributed by atoms with Gasteiger partial charge in [-0.1, -0.05) is 18.2 Å². The van der Waals surface area contributed by atoms with E-state index in [9.17, 15) is 9.59 Å². The number of carbonyl (C=O) groups is 2. The van der Waals surface area contributed by atoms with Crippen molar-refractivity contribution in [3.63, 3.8) is 0 Å². The molecule has 0 aliphatic carbocycles. The highest BCUT2D eigenvalue weighted by Crippen LogP contribution is 2.23. The highest BCUT2D eigenvalue weighted by Gasteiger charge is 2.06. The van der Waals surface area contributed by atoms with E-state index in [2.05, 4.69) is 10.1 Å². The van der Waals surface area contributed by atoms with Gasteiger partial charge in [0.1, 0.15) is 23.8 Å². The predicted molar refractivity (Wildman–Crippen MR) is 83.5 cm³/mol. The first-order valence-corrected chi connectivity index (χ1v) is 6.96. The fourth-order valence-corrected chi connectivity index (χ4v) is 1.67. The fourth-order valence-electron chi connectivity index (χ4n) is 1.67. The summed E-state index contributed by atoms with van der Waals surface area (Å²) < 4.78 is 15.4. The Morgan fingerprint density at radius 3 is 2.17 bits per heavy atom. The minimum absolute atomic E-state index is 0.178. The van der Waals surface area contributed by atoms with E-state index in [1.807, 2.05) is 30.3 Å². The number of carbonyl (C=O) groups excluding carboxylic acids is 2. The van der Waals surface area contributed by atoms with Gasteiger partial charge in [-0.05, 0) is 36.4 Å². The second-order valence-electron chi connectivity index (χ2n) is 4.53. The molecule has 2 rings (SSSR count). The third-order valence-electron chi connectivity index (χ3n) is 2.83. The molecule has 23 heavy (non-hydrogen) atoms. The SMILES string of the molecule is COC(=O)CNC(=O)COc1ccc(Oc2ccccc2)cc1. The summed E-state index contributed by atoms with van der Waals surface area (Å²) in [6.07, 6.45) is 0. The molecular weight excluding hydrogens is 298 g/mol. The number of nitrogens with one attached hydrogen (secondary N) is 1. The molecule has 0 radical (unpaired) electrons. The molecule has 0 unspecified atom stereocenters. The zero-order valence-corrected chi connectivity index (χ0v) is 12.7. The second-order valence-corrected chi connectivity index (χ2v) is 4.53. The van der Waals surface area contributed by atoms with Crippen LogP contribution in [0, 0.1) is 0 Å². The van der Waals surface area contributed by atoms with Gasteiger partial charge in [0, 0.05) is 0 Å². The zero-order valence-electron chi connectivity index (χ0n) is 12.7. The molecule has 0 fully saturated rings. The fraction of sp³-hybridized carbons (Fsp3) is 0.176. The van der Waals surface area contributed by atoms with Crippen molar-refractivity contribution in [2.75, 3.05) is 20.3 Å². The van der Waals surface area contributed by atoms with E-state index in [0.29, 0.717) is 11.5 Å².